The molecule has 0 saturated carbocycles. The number of benzene rings is 3. The number of ether oxygens (including phenoxy) is 2. The minimum Gasteiger partial charge on any atom is -0.465 e. The summed E-state index contributed by atoms with van der Waals surface area (Å²) in [5.41, 5.74) is 4.09. The molecule has 3 aromatic carbocycles. The van der Waals surface area contributed by atoms with Crippen molar-refractivity contribution in [3.63, 3.8) is 0 Å². The predicted molar refractivity (Wildman–Crippen MR) is 180 cm³/mol. The fourth-order valence-electron chi connectivity index (χ4n) is 5.43. The second-order valence-corrected chi connectivity index (χ2v) is 12.3. The normalized spacial score (nSPS) is 14.5. The van der Waals surface area contributed by atoms with Crippen molar-refractivity contribution in [3.8, 4) is 11.3 Å². The first-order chi connectivity index (χ1) is 22.3. The van der Waals surface area contributed by atoms with Crippen LogP contribution in [0.1, 0.15) is 45.8 Å². The van der Waals surface area contributed by atoms with Crippen LogP contribution in [0.2, 0.25) is 0 Å². The summed E-state index contributed by atoms with van der Waals surface area (Å²) in [4.78, 5) is 46.2. The average Bonchev–Trinajstić information content (AvgIpc) is 3.67. The summed E-state index contributed by atoms with van der Waals surface area (Å²) in [5.74, 6) is 0.133. The van der Waals surface area contributed by atoms with E-state index in [1.165, 1.54) is 18.4 Å². The predicted octanol–water partition coefficient (Wildman–Crippen LogP) is 6.01. The number of aryl methyl sites for hydroxylation is 1. The van der Waals surface area contributed by atoms with Crippen molar-refractivity contribution in [2.75, 3.05) is 20.0 Å². The molecule has 0 spiro atoms. The van der Waals surface area contributed by atoms with Crippen LogP contribution in [0, 0.1) is 6.92 Å². The van der Waals surface area contributed by atoms with Gasteiger partial charge in [0.1, 0.15) is 11.5 Å². The first-order valence-corrected chi connectivity index (χ1v) is 16.6. The van der Waals surface area contributed by atoms with E-state index >= 15 is 0 Å². The quantitative estimate of drug-likeness (QED) is 0.150. The molecule has 0 bridgehead atoms. The maximum absolute atomic E-state index is 14.2. The third-order valence-electron chi connectivity index (χ3n) is 7.62. The third-order valence-corrected chi connectivity index (χ3v) is 9.34. The Kier molecular flexibility index (Phi) is 8.92. The third kappa shape index (κ3) is 5.89. The number of hydrogen-bond donors (Lipinski definition) is 0. The van der Waals surface area contributed by atoms with Gasteiger partial charge in [-0.3, -0.25) is 9.36 Å². The number of methoxy groups -OCH3 is 1. The van der Waals surface area contributed by atoms with Crippen LogP contribution < -0.4 is 14.9 Å². The summed E-state index contributed by atoms with van der Waals surface area (Å²) in [5, 5.41) is 0. The molecule has 0 unspecified atom stereocenters. The van der Waals surface area contributed by atoms with Crippen molar-refractivity contribution >= 4 is 46.8 Å². The van der Waals surface area contributed by atoms with Crippen LogP contribution in [0.3, 0.4) is 0 Å². The molecule has 5 aromatic rings. The number of esters is 2. The molecule has 0 saturated heterocycles. The number of carbonyl (C=O) groups excluding carboxylic acids is 2. The van der Waals surface area contributed by atoms with Crippen molar-refractivity contribution in [1.29, 1.82) is 0 Å². The lowest BCUT2D eigenvalue weighted by atomic mass is 9.93. The van der Waals surface area contributed by atoms with Gasteiger partial charge in [0.05, 0.1) is 41.1 Å². The number of rotatable bonds is 8. The summed E-state index contributed by atoms with van der Waals surface area (Å²) < 4.78 is 18.5. The summed E-state index contributed by atoms with van der Waals surface area (Å²) >= 11 is 2.84. The Labute approximate surface area is 273 Å². The molecule has 0 radical (unpaired) electrons. The van der Waals surface area contributed by atoms with Crippen LogP contribution >= 0.6 is 23.1 Å². The van der Waals surface area contributed by atoms with Gasteiger partial charge in [0.15, 0.2) is 4.80 Å². The molecule has 8 nitrogen and oxygen atoms in total. The van der Waals surface area contributed by atoms with Crippen LogP contribution in [-0.4, -0.2) is 36.5 Å². The Balaban J connectivity index is 1.51. The van der Waals surface area contributed by atoms with Gasteiger partial charge in [0.2, 0.25) is 0 Å². The molecular weight excluding hydrogens is 621 g/mol. The van der Waals surface area contributed by atoms with E-state index in [4.69, 9.17) is 18.9 Å². The summed E-state index contributed by atoms with van der Waals surface area (Å²) in [6, 6.07) is 25.4. The number of nitrogens with zero attached hydrogens (tertiary/aromatic N) is 2. The number of furan rings is 1. The lowest BCUT2D eigenvalue weighted by Crippen LogP contribution is -2.40. The molecule has 3 heterocycles. The minimum atomic E-state index is -0.758. The number of hydrogen-bond acceptors (Lipinski definition) is 9. The Morgan fingerprint density at radius 2 is 1.78 bits per heavy atom. The van der Waals surface area contributed by atoms with E-state index in [-0.39, 0.29) is 12.2 Å². The maximum atomic E-state index is 14.2. The van der Waals surface area contributed by atoms with Gasteiger partial charge >= 0.3 is 11.9 Å². The van der Waals surface area contributed by atoms with Gasteiger partial charge < -0.3 is 13.9 Å². The molecule has 6 rings (SSSR count). The highest BCUT2D eigenvalue weighted by Gasteiger charge is 2.35. The first-order valence-electron chi connectivity index (χ1n) is 14.5. The van der Waals surface area contributed by atoms with Crippen LogP contribution in [0.5, 0.6) is 0 Å². The Morgan fingerprint density at radius 3 is 2.46 bits per heavy atom. The van der Waals surface area contributed by atoms with Crippen LogP contribution in [-0.2, 0) is 14.3 Å². The van der Waals surface area contributed by atoms with Gasteiger partial charge in [-0.05, 0) is 67.6 Å². The molecule has 0 amide bonds. The Hall–Kier alpha value is -4.93. The van der Waals surface area contributed by atoms with Crippen molar-refractivity contribution in [2.24, 2.45) is 4.99 Å². The monoisotopic (exact) mass is 650 g/mol. The lowest BCUT2D eigenvalue weighted by Gasteiger charge is -2.26. The summed E-state index contributed by atoms with van der Waals surface area (Å²) in [6.07, 6.45) is 3.68. The van der Waals surface area contributed by atoms with Gasteiger partial charge in [-0.1, -0.05) is 59.9 Å². The smallest absolute Gasteiger partial charge is 0.338 e. The summed E-state index contributed by atoms with van der Waals surface area (Å²) in [7, 11) is 1.35. The first kappa shape index (κ1) is 31.1. The number of thiazole rings is 1. The zero-order valence-corrected chi connectivity index (χ0v) is 27.2. The SMILES string of the molecule is CCOC(=O)C1=C(c2ccccc2)N=c2s/c(=C/c3ccc(-c4ccc(C(=O)OC)cc4C)o3)c(=O)n2[C@H]1c1ccc(SC)cc1. The number of aromatic nitrogens is 1. The van der Waals surface area contributed by atoms with Gasteiger partial charge in [-0.2, -0.15) is 0 Å². The van der Waals surface area contributed by atoms with Gasteiger partial charge in [-0.15, -0.1) is 11.8 Å². The standard InChI is InChI=1S/C36H30N2O6S2/c1-5-43-35(41)30-31(22-9-7-6-8-10-22)37-36-38(32(30)23-11-15-26(45-4)16-12-23)33(39)29(46-36)20-25-14-18-28(44-25)27-17-13-24(19-21(27)2)34(40)42-3/h6-20,32H,5H2,1-4H3/b29-20+/t32-/m0/s1. The molecule has 1 atom stereocenters. The lowest BCUT2D eigenvalue weighted by molar-refractivity contribution is -0.138. The molecule has 10 heteroatoms. The molecular formula is C36H30N2O6S2. The van der Waals surface area contributed by atoms with E-state index in [2.05, 4.69) is 0 Å². The fraction of sp³-hybridized carbons (Fsp3) is 0.167. The van der Waals surface area contributed by atoms with Crippen molar-refractivity contribution in [3.05, 3.63) is 138 Å². The number of carbonyl (C=O) groups is 2. The summed E-state index contributed by atoms with van der Waals surface area (Å²) in [6.45, 7) is 3.82. The molecule has 232 valence electrons. The van der Waals surface area contributed by atoms with E-state index < -0.39 is 18.0 Å². The fourth-order valence-corrected chi connectivity index (χ4v) is 6.82. The van der Waals surface area contributed by atoms with Crippen LogP contribution in [0.15, 0.2) is 110 Å². The van der Waals surface area contributed by atoms with Crippen molar-refractivity contribution in [2.45, 2.75) is 24.8 Å². The zero-order chi connectivity index (χ0) is 32.4. The van der Waals surface area contributed by atoms with Crippen LogP contribution in [0.4, 0.5) is 0 Å². The molecule has 46 heavy (non-hydrogen) atoms. The Bertz CT molecular complexity index is 2160. The molecule has 0 fully saturated rings. The molecule has 0 N–H and O–H groups in total. The second-order valence-electron chi connectivity index (χ2n) is 10.4. The molecule has 1 aliphatic heterocycles. The average molecular weight is 651 g/mol. The van der Waals surface area contributed by atoms with E-state index in [0.29, 0.717) is 37.7 Å². The van der Waals surface area contributed by atoms with Gasteiger partial charge in [-0.25, -0.2) is 14.6 Å². The number of thioether (sulfide) groups is 1. The molecule has 1 aliphatic rings. The molecule has 2 aromatic heterocycles. The maximum Gasteiger partial charge on any atom is 0.338 e. The second kappa shape index (κ2) is 13.2. The minimum absolute atomic E-state index is 0.179. The zero-order valence-electron chi connectivity index (χ0n) is 25.6. The van der Waals surface area contributed by atoms with Crippen LogP contribution in [0.25, 0.3) is 23.1 Å². The highest BCUT2D eigenvalue weighted by Crippen LogP contribution is 2.36. The van der Waals surface area contributed by atoms with Gasteiger partial charge in [0, 0.05) is 22.1 Å². The number of fused-ring (bicyclic) bond motifs is 1. The van der Waals surface area contributed by atoms with Crippen molar-refractivity contribution < 1.29 is 23.5 Å². The molecule has 0 aliphatic carbocycles. The van der Waals surface area contributed by atoms with Gasteiger partial charge in [0.25, 0.3) is 5.56 Å². The highest BCUT2D eigenvalue weighted by atomic mass is 32.2. The van der Waals surface area contributed by atoms with E-state index in [1.54, 1.807) is 47.5 Å². The van der Waals surface area contributed by atoms with E-state index in [1.807, 2.05) is 79.9 Å². The van der Waals surface area contributed by atoms with E-state index in [9.17, 15) is 14.4 Å². The van der Waals surface area contributed by atoms with E-state index in [0.717, 1.165) is 27.1 Å². The largest absolute Gasteiger partial charge is 0.465 e. The highest BCUT2D eigenvalue weighted by molar-refractivity contribution is 7.98. The topological polar surface area (TPSA) is 100 Å². The van der Waals surface area contributed by atoms with Crippen molar-refractivity contribution in [1.82, 2.24) is 4.57 Å². The Morgan fingerprint density at radius 1 is 1.02 bits per heavy atom.